The molecule has 0 saturated heterocycles. The Bertz CT molecular complexity index is 390. The molecule has 0 saturated carbocycles. The Labute approximate surface area is 89.4 Å². The number of hydrazine groups is 1. The highest BCUT2D eigenvalue weighted by molar-refractivity contribution is 5.81. The predicted octanol–water partition coefficient (Wildman–Crippen LogP) is 1.30. The Morgan fingerprint density at radius 1 is 1.50 bits per heavy atom. The number of allylic oxidation sites excluding steroid dienone is 4. The highest BCUT2D eigenvalue weighted by atomic mass is 19.4. The molecule has 0 radical (unpaired) electrons. The number of rotatable bonds is 2. The molecule has 1 rings (SSSR count). The van der Waals surface area contributed by atoms with E-state index in [1.165, 1.54) is 11.5 Å². The summed E-state index contributed by atoms with van der Waals surface area (Å²) in [5, 5.41) is 8.56. The molecule has 0 unspecified atom stereocenters. The highest BCUT2D eigenvalue weighted by Gasteiger charge is 2.38. The fourth-order valence-corrected chi connectivity index (χ4v) is 1.09. The van der Waals surface area contributed by atoms with Gasteiger partial charge in [-0.15, -0.1) is 0 Å². The molecule has 1 aliphatic rings. The van der Waals surface area contributed by atoms with E-state index in [4.69, 9.17) is 5.26 Å². The van der Waals surface area contributed by atoms with E-state index in [-0.39, 0.29) is 0 Å². The van der Waals surface area contributed by atoms with Crippen molar-refractivity contribution in [3.8, 4) is 6.07 Å². The molecule has 1 amide bonds. The quantitative estimate of drug-likeness (QED) is 0.704. The van der Waals surface area contributed by atoms with Crippen LogP contribution >= 0.6 is 0 Å². The summed E-state index contributed by atoms with van der Waals surface area (Å²) in [4.78, 5) is 10.5. The zero-order valence-corrected chi connectivity index (χ0v) is 8.06. The molecular weight excluding hydrogens is 223 g/mol. The lowest BCUT2D eigenvalue weighted by Gasteiger charge is -2.14. The second-order valence-electron chi connectivity index (χ2n) is 3.06. The molecule has 4 nitrogen and oxygen atoms in total. The number of carbonyl (C=O) groups excluding carboxylic acids is 1. The van der Waals surface area contributed by atoms with Gasteiger partial charge in [0.15, 0.2) is 0 Å². The standard InChI is InChI=1S/C9H8F3N3O/c10-9(11,12)8(16)15-14-7-3-1-2-6(4-7)5-13/h2,4,14H,1,3H2,(H,15,16). The van der Waals surface area contributed by atoms with Crippen molar-refractivity contribution < 1.29 is 18.0 Å². The molecule has 0 aromatic rings. The summed E-state index contributed by atoms with van der Waals surface area (Å²) in [7, 11) is 0. The van der Waals surface area contributed by atoms with Crippen LogP contribution in [0.5, 0.6) is 0 Å². The molecule has 0 fully saturated rings. The molecule has 0 aromatic heterocycles. The Morgan fingerprint density at radius 2 is 2.19 bits per heavy atom. The smallest absolute Gasteiger partial charge is 0.302 e. The molecule has 0 atom stereocenters. The lowest BCUT2D eigenvalue weighted by atomic mass is 10.1. The molecule has 1 aliphatic carbocycles. The number of nitriles is 1. The Kier molecular flexibility index (Phi) is 3.55. The van der Waals surface area contributed by atoms with Crippen molar-refractivity contribution in [1.82, 2.24) is 10.9 Å². The highest BCUT2D eigenvalue weighted by Crippen LogP contribution is 2.16. The topological polar surface area (TPSA) is 64.9 Å². The van der Waals surface area contributed by atoms with Gasteiger partial charge >= 0.3 is 12.1 Å². The maximum Gasteiger partial charge on any atom is 0.472 e. The number of nitrogens with zero attached hydrogens (tertiary/aromatic N) is 1. The summed E-state index contributed by atoms with van der Waals surface area (Å²) in [5.41, 5.74) is 4.39. The van der Waals surface area contributed by atoms with Gasteiger partial charge < -0.3 is 5.43 Å². The first-order valence-corrected chi connectivity index (χ1v) is 4.37. The average molecular weight is 231 g/mol. The van der Waals surface area contributed by atoms with Crippen molar-refractivity contribution in [3.05, 3.63) is 23.4 Å². The minimum atomic E-state index is -4.92. The normalized spacial score (nSPS) is 15.6. The van der Waals surface area contributed by atoms with Gasteiger partial charge in [0.05, 0.1) is 6.07 Å². The third kappa shape index (κ3) is 3.31. The van der Waals surface area contributed by atoms with E-state index in [9.17, 15) is 18.0 Å². The van der Waals surface area contributed by atoms with E-state index < -0.39 is 12.1 Å². The fraction of sp³-hybridized carbons (Fsp3) is 0.333. The minimum absolute atomic E-state index is 0.356. The largest absolute Gasteiger partial charge is 0.472 e. The molecule has 0 spiro atoms. The number of halogens is 3. The van der Waals surface area contributed by atoms with Gasteiger partial charge in [-0.2, -0.15) is 18.4 Å². The summed E-state index contributed by atoms with van der Waals surface area (Å²) < 4.78 is 35.4. The van der Waals surface area contributed by atoms with Crippen LogP contribution in [0.3, 0.4) is 0 Å². The monoisotopic (exact) mass is 231 g/mol. The molecule has 16 heavy (non-hydrogen) atoms. The summed E-state index contributed by atoms with van der Waals surface area (Å²) in [5.74, 6) is -2.07. The number of amides is 1. The molecule has 2 N–H and O–H groups in total. The lowest BCUT2D eigenvalue weighted by molar-refractivity contribution is -0.174. The summed E-state index contributed by atoms with van der Waals surface area (Å²) >= 11 is 0. The van der Waals surface area contributed by atoms with E-state index in [1.54, 1.807) is 6.08 Å². The Morgan fingerprint density at radius 3 is 2.75 bits per heavy atom. The third-order valence-corrected chi connectivity index (χ3v) is 1.83. The van der Waals surface area contributed by atoms with Gasteiger partial charge in [0.1, 0.15) is 0 Å². The molecule has 0 aromatic carbocycles. The number of nitrogens with one attached hydrogen (secondary N) is 2. The van der Waals surface area contributed by atoms with E-state index in [1.807, 2.05) is 6.07 Å². The Balaban J connectivity index is 2.52. The van der Waals surface area contributed by atoms with E-state index >= 15 is 0 Å². The molecule has 86 valence electrons. The van der Waals surface area contributed by atoms with Gasteiger partial charge in [0.25, 0.3) is 0 Å². The summed E-state index contributed by atoms with van der Waals surface area (Å²) in [6, 6.07) is 1.86. The predicted molar refractivity (Wildman–Crippen MR) is 48.3 cm³/mol. The van der Waals surface area contributed by atoms with Crippen LogP contribution in [0.25, 0.3) is 0 Å². The number of hydrogen-bond acceptors (Lipinski definition) is 3. The molecule has 7 heteroatoms. The van der Waals surface area contributed by atoms with E-state index in [0.29, 0.717) is 24.1 Å². The number of hydrogen-bond donors (Lipinski definition) is 2. The van der Waals surface area contributed by atoms with Crippen molar-refractivity contribution in [2.75, 3.05) is 0 Å². The van der Waals surface area contributed by atoms with Crippen LogP contribution in [0, 0.1) is 11.3 Å². The zero-order chi connectivity index (χ0) is 12.2. The van der Waals surface area contributed by atoms with Crippen LogP contribution in [-0.2, 0) is 4.79 Å². The van der Waals surface area contributed by atoms with Crippen molar-refractivity contribution >= 4 is 5.91 Å². The van der Waals surface area contributed by atoms with Crippen LogP contribution in [0.2, 0.25) is 0 Å². The van der Waals surface area contributed by atoms with Gasteiger partial charge in [-0.05, 0) is 18.9 Å². The first-order chi connectivity index (χ1) is 7.43. The van der Waals surface area contributed by atoms with E-state index in [2.05, 4.69) is 5.43 Å². The maximum atomic E-state index is 11.8. The van der Waals surface area contributed by atoms with Crippen molar-refractivity contribution in [1.29, 1.82) is 5.26 Å². The number of carbonyl (C=O) groups is 1. The molecule has 0 heterocycles. The van der Waals surface area contributed by atoms with Crippen molar-refractivity contribution in [3.63, 3.8) is 0 Å². The van der Waals surface area contributed by atoms with Gasteiger partial charge in [-0.25, -0.2) is 0 Å². The van der Waals surface area contributed by atoms with Gasteiger partial charge in [0, 0.05) is 11.3 Å². The van der Waals surface area contributed by atoms with Crippen molar-refractivity contribution in [2.45, 2.75) is 19.0 Å². The van der Waals surface area contributed by atoms with E-state index in [0.717, 1.165) is 0 Å². The average Bonchev–Trinajstić information content (AvgIpc) is 2.25. The maximum absolute atomic E-state index is 11.8. The SMILES string of the molecule is N#CC1=CCCC(NNC(=O)C(F)(F)F)=C1. The van der Waals surface area contributed by atoms with Crippen LogP contribution in [-0.4, -0.2) is 12.1 Å². The summed E-state index contributed by atoms with van der Waals surface area (Å²) in [6.45, 7) is 0. The second-order valence-corrected chi connectivity index (χ2v) is 3.06. The van der Waals surface area contributed by atoms with Crippen molar-refractivity contribution in [2.24, 2.45) is 0 Å². The third-order valence-electron chi connectivity index (χ3n) is 1.83. The minimum Gasteiger partial charge on any atom is -0.302 e. The van der Waals surface area contributed by atoms with Gasteiger partial charge in [0.2, 0.25) is 0 Å². The van der Waals surface area contributed by atoms with Gasteiger partial charge in [-0.1, -0.05) is 6.08 Å². The molecular formula is C9H8F3N3O. The van der Waals surface area contributed by atoms with Crippen LogP contribution in [0.1, 0.15) is 12.8 Å². The summed E-state index contributed by atoms with van der Waals surface area (Å²) in [6.07, 6.45) is -0.875. The second kappa shape index (κ2) is 4.70. The molecule has 0 aliphatic heterocycles. The first-order valence-electron chi connectivity index (χ1n) is 4.37. The van der Waals surface area contributed by atoms with Crippen LogP contribution < -0.4 is 10.9 Å². The van der Waals surface area contributed by atoms with Crippen LogP contribution in [0.4, 0.5) is 13.2 Å². The molecule has 0 bridgehead atoms. The zero-order valence-electron chi connectivity index (χ0n) is 8.06. The lowest BCUT2D eigenvalue weighted by Crippen LogP contribution is -2.44. The van der Waals surface area contributed by atoms with Gasteiger partial charge in [-0.3, -0.25) is 10.2 Å². The number of alkyl halides is 3. The first kappa shape index (κ1) is 12.1. The van der Waals surface area contributed by atoms with Crippen LogP contribution in [0.15, 0.2) is 23.4 Å². The Hall–Kier alpha value is -1.97. The fourth-order valence-electron chi connectivity index (χ4n) is 1.09.